The summed E-state index contributed by atoms with van der Waals surface area (Å²) in [6, 6.07) is 2.63. The smallest absolute Gasteiger partial charge is 0.0638 e. The van der Waals surface area contributed by atoms with Gasteiger partial charge < -0.3 is 10.2 Å². The lowest BCUT2D eigenvalue weighted by atomic mass is 9.97. The van der Waals surface area contributed by atoms with E-state index in [9.17, 15) is 0 Å². The number of piperidine rings is 1. The Morgan fingerprint density at radius 1 is 1.50 bits per heavy atom. The lowest BCUT2D eigenvalue weighted by Crippen LogP contribution is -2.38. The lowest BCUT2D eigenvalue weighted by molar-refractivity contribution is 0.197. The third-order valence-electron chi connectivity index (χ3n) is 3.14. The molecule has 0 radical (unpaired) electrons. The molecule has 0 amide bonds. The van der Waals surface area contributed by atoms with Gasteiger partial charge in [0.1, 0.15) is 0 Å². The fraction of sp³-hybridized carbons (Fsp3) is 0.909. The van der Waals surface area contributed by atoms with Gasteiger partial charge >= 0.3 is 0 Å². The number of rotatable bonds is 4. The highest BCUT2D eigenvalue weighted by Gasteiger charge is 2.17. The molecule has 1 saturated heterocycles. The fourth-order valence-corrected chi connectivity index (χ4v) is 1.94. The summed E-state index contributed by atoms with van der Waals surface area (Å²) in [5.41, 5.74) is 0. The highest BCUT2D eigenvalue weighted by molar-refractivity contribution is 4.80. The molecular formula is C11H21N3. The maximum Gasteiger partial charge on any atom is 0.0638 e. The van der Waals surface area contributed by atoms with Gasteiger partial charge in [-0.05, 0) is 45.8 Å². The Labute approximate surface area is 87.1 Å². The summed E-state index contributed by atoms with van der Waals surface area (Å²) in [4.78, 5) is 2.32. The SMILES string of the molecule is CC(CC#N)N(C)CC1CCNCC1. The number of nitriles is 1. The highest BCUT2D eigenvalue weighted by Crippen LogP contribution is 2.14. The normalized spacial score (nSPS) is 20.7. The number of hydrogen-bond acceptors (Lipinski definition) is 3. The second-order valence-corrected chi connectivity index (χ2v) is 4.34. The van der Waals surface area contributed by atoms with Gasteiger partial charge in [-0.2, -0.15) is 5.26 Å². The van der Waals surface area contributed by atoms with Crippen LogP contribution in [0.3, 0.4) is 0 Å². The van der Waals surface area contributed by atoms with Crippen molar-refractivity contribution in [3.05, 3.63) is 0 Å². The predicted molar refractivity (Wildman–Crippen MR) is 57.9 cm³/mol. The van der Waals surface area contributed by atoms with Gasteiger partial charge in [0.25, 0.3) is 0 Å². The highest BCUT2D eigenvalue weighted by atomic mass is 15.1. The van der Waals surface area contributed by atoms with Crippen molar-refractivity contribution in [3.8, 4) is 6.07 Å². The Morgan fingerprint density at radius 2 is 2.14 bits per heavy atom. The van der Waals surface area contributed by atoms with Crippen molar-refractivity contribution in [2.45, 2.75) is 32.2 Å². The second-order valence-electron chi connectivity index (χ2n) is 4.34. The summed E-state index contributed by atoms with van der Waals surface area (Å²) in [5, 5.41) is 12.0. The molecule has 14 heavy (non-hydrogen) atoms. The zero-order chi connectivity index (χ0) is 10.4. The monoisotopic (exact) mass is 195 g/mol. The van der Waals surface area contributed by atoms with E-state index in [-0.39, 0.29) is 0 Å². The van der Waals surface area contributed by atoms with Gasteiger partial charge in [-0.25, -0.2) is 0 Å². The molecule has 0 saturated carbocycles. The quantitative estimate of drug-likeness (QED) is 0.733. The van der Waals surface area contributed by atoms with Crippen molar-refractivity contribution in [2.24, 2.45) is 5.92 Å². The van der Waals surface area contributed by atoms with Crippen LogP contribution in [0.5, 0.6) is 0 Å². The minimum absolute atomic E-state index is 0.398. The van der Waals surface area contributed by atoms with E-state index in [2.05, 4.69) is 30.3 Å². The first-order chi connectivity index (χ1) is 6.74. The molecule has 0 spiro atoms. The van der Waals surface area contributed by atoms with Crippen molar-refractivity contribution >= 4 is 0 Å². The molecule has 1 aliphatic heterocycles. The Morgan fingerprint density at radius 3 is 2.71 bits per heavy atom. The fourth-order valence-electron chi connectivity index (χ4n) is 1.94. The molecule has 1 fully saturated rings. The molecule has 0 aromatic carbocycles. The largest absolute Gasteiger partial charge is 0.317 e. The third kappa shape index (κ3) is 3.65. The van der Waals surface area contributed by atoms with Crippen LogP contribution < -0.4 is 5.32 Å². The van der Waals surface area contributed by atoms with Crippen molar-refractivity contribution < 1.29 is 0 Å². The average molecular weight is 195 g/mol. The summed E-state index contributed by atoms with van der Waals surface area (Å²) in [6.07, 6.45) is 3.20. The zero-order valence-electron chi connectivity index (χ0n) is 9.29. The Bertz CT molecular complexity index is 191. The molecular weight excluding hydrogens is 174 g/mol. The number of nitrogens with one attached hydrogen (secondary N) is 1. The summed E-state index contributed by atoms with van der Waals surface area (Å²) in [6.45, 7) is 5.59. The zero-order valence-corrected chi connectivity index (χ0v) is 9.29. The van der Waals surface area contributed by atoms with Crippen LogP contribution in [0.25, 0.3) is 0 Å². The summed E-state index contributed by atoms with van der Waals surface area (Å²) >= 11 is 0. The molecule has 0 aromatic rings. The summed E-state index contributed by atoms with van der Waals surface area (Å²) < 4.78 is 0. The van der Waals surface area contributed by atoms with Gasteiger partial charge in [0.2, 0.25) is 0 Å². The van der Waals surface area contributed by atoms with Crippen molar-refractivity contribution in [3.63, 3.8) is 0 Å². The van der Waals surface area contributed by atoms with Crippen LogP contribution >= 0.6 is 0 Å². The topological polar surface area (TPSA) is 39.1 Å². The first-order valence-corrected chi connectivity index (χ1v) is 5.52. The van der Waals surface area contributed by atoms with E-state index in [1.165, 1.54) is 12.8 Å². The van der Waals surface area contributed by atoms with Gasteiger partial charge in [0.15, 0.2) is 0 Å². The molecule has 3 nitrogen and oxygen atoms in total. The number of nitrogens with zero attached hydrogens (tertiary/aromatic N) is 2. The standard InChI is InChI=1S/C11H21N3/c1-10(3-6-12)14(2)9-11-4-7-13-8-5-11/h10-11,13H,3-5,7-9H2,1-2H3. The maximum atomic E-state index is 8.60. The van der Waals surface area contributed by atoms with Crippen LogP contribution in [-0.4, -0.2) is 37.6 Å². The van der Waals surface area contributed by atoms with E-state index in [4.69, 9.17) is 5.26 Å². The van der Waals surface area contributed by atoms with E-state index in [0.29, 0.717) is 12.5 Å². The van der Waals surface area contributed by atoms with E-state index in [1.54, 1.807) is 0 Å². The average Bonchev–Trinajstić information content (AvgIpc) is 2.19. The van der Waals surface area contributed by atoms with E-state index in [1.807, 2.05) is 0 Å². The van der Waals surface area contributed by atoms with Gasteiger partial charge in [-0.15, -0.1) is 0 Å². The first kappa shape index (κ1) is 11.5. The minimum atomic E-state index is 0.398. The first-order valence-electron chi connectivity index (χ1n) is 5.52. The molecule has 80 valence electrons. The Kier molecular flexibility index (Phi) is 4.92. The second kappa shape index (κ2) is 6.00. The minimum Gasteiger partial charge on any atom is -0.317 e. The summed E-state index contributed by atoms with van der Waals surface area (Å²) in [5.74, 6) is 0.822. The van der Waals surface area contributed by atoms with E-state index < -0.39 is 0 Å². The third-order valence-corrected chi connectivity index (χ3v) is 3.14. The Hall–Kier alpha value is -0.590. The van der Waals surface area contributed by atoms with Gasteiger partial charge in [-0.3, -0.25) is 0 Å². The maximum absolute atomic E-state index is 8.60. The van der Waals surface area contributed by atoms with Crippen molar-refractivity contribution in [1.29, 1.82) is 5.26 Å². The molecule has 3 heteroatoms. The van der Waals surface area contributed by atoms with Gasteiger partial charge in [0, 0.05) is 12.6 Å². The van der Waals surface area contributed by atoms with E-state index in [0.717, 1.165) is 25.6 Å². The molecule has 1 aliphatic rings. The van der Waals surface area contributed by atoms with Crippen LogP contribution in [-0.2, 0) is 0 Å². The van der Waals surface area contributed by atoms with Crippen LogP contribution in [0.4, 0.5) is 0 Å². The van der Waals surface area contributed by atoms with Crippen molar-refractivity contribution in [2.75, 3.05) is 26.7 Å². The van der Waals surface area contributed by atoms with E-state index >= 15 is 0 Å². The molecule has 1 heterocycles. The van der Waals surface area contributed by atoms with Crippen LogP contribution in [0.15, 0.2) is 0 Å². The lowest BCUT2D eigenvalue weighted by Gasteiger charge is -2.30. The molecule has 0 aliphatic carbocycles. The van der Waals surface area contributed by atoms with Gasteiger partial charge in [-0.1, -0.05) is 0 Å². The Balaban J connectivity index is 2.24. The van der Waals surface area contributed by atoms with Crippen LogP contribution in [0, 0.1) is 17.2 Å². The van der Waals surface area contributed by atoms with Crippen LogP contribution in [0.1, 0.15) is 26.2 Å². The number of hydrogen-bond donors (Lipinski definition) is 1. The van der Waals surface area contributed by atoms with Crippen molar-refractivity contribution in [1.82, 2.24) is 10.2 Å². The molecule has 1 N–H and O–H groups in total. The van der Waals surface area contributed by atoms with Gasteiger partial charge in [0.05, 0.1) is 12.5 Å². The predicted octanol–water partition coefficient (Wildman–Crippen LogP) is 1.22. The molecule has 0 aromatic heterocycles. The molecule has 1 atom stereocenters. The summed E-state index contributed by atoms with van der Waals surface area (Å²) in [7, 11) is 2.13. The van der Waals surface area contributed by atoms with Crippen LogP contribution in [0.2, 0.25) is 0 Å². The molecule has 1 unspecified atom stereocenters. The molecule has 1 rings (SSSR count). The molecule has 0 bridgehead atoms.